The molecule has 0 aliphatic rings. The van der Waals surface area contributed by atoms with Crippen molar-refractivity contribution in [1.29, 1.82) is 0 Å². The number of tetrazole rings is 1. The molecule has 27 heavy (non-hydrogen) atoms. The molecule has 136 valence electrons. The summed E-state index contributed by atoms with van der Waals surface area (Å²) in [5, 5.41) is 22.7. The number of aliphatic carboxylic acids is 1. The lowest BCUT2D eigenvalue weighted by Crippen LogP contribution is -2.20. The predicted molar refractivity (Wildman–Crippen MR) is 104 cm³/mol. The minimum atomic E-state index is -0.984. The van der Waals surface area contributed by atoms with E-state index >= 15 is 0 Å². The first-order valence-electron chi connectivity index (χ1n) is 7.83. The molecule has 1 N–H and O–H groups in total. The molecule has 0 saturated carbocycles. The molecule has 4 rings (SSSR count). The standard InChI is InChI=1S/C17H11Cl2N5O2S/c18-10-6-5-9(12(19)8-10)7-14(16(25)26)27-17-20-13-4-2-1-3-11(13)15-21-22-23-24(15)17/h1-6,8,14H,7H2,(H,25,26)/t14-/m1/s1. The first-order chi connectivity index (χ1) is 13.0. The van der Waals surface area contributed by atoms with Crippen LogP contribution in [-0.4, -0.2) is 41.4 Å². The van der Waals surface area contributed by atoms with Gasteiger partial charge in [0.25, 0.3) is 0 Å². The van der Waals surface area contributed by atoms with Gasteiger partial charge in [-0.05, 0) is 46.7 Å². The number of nitrogens with zero attached hydrogens (tertiary/aromatic N) is 5. The Morgan fingerprint density at radius 2 is 2.04 bits per heavy atom. The number of para-hydroxylation sites is 1. The van der Waals surface area contributed by atoms with Crippen LogP contribution in [0.5, 0.6) is 0 Å². The summed E-state index contributed by atoms with van der Waals surface area (Å²) >= 11 is 13.2. The average molecular weight is 420 g/mol. The number of rotatable bonds is 5. The van der Waals surface area contributed by atoms with E-state index in [4.69, 9.17) is 23.2 Å². The van der Waals surface area contributed by atoms with Crippen LogP contribution in [0.3, 0.4) is 0 Å². The summed E-state index contributed by atoms with van der Waals surface area (Å²) in [6.45, 7) is 0. The third kappa shape index (κ3) is 3.55. The Balaban J connectivity index is 1.73. The first kappa shape index (κ1) is 18.0. The third-order valence-corrected chi connectivity index (χ3v) is 5.67. The maximum absolute atomic E-state index is 11.8. The summed E-state index contributed by atoms with van der Waals surface area (Å²) in [6, 6.07) is 12.4. The molecule has 4 aromatic rings. The van der Waals surface area contributed by atoms with Crippen LogP contribution >= 0.6 is 35.0 Å². The van der Waals surface area contributed by atoms with Gasteiger partial charge < -0.3 is 5.11 Å². The monoisotopic (exact) mass is 419 g/mol. The van der Waals surface area contributed by atoms with Gasteiger partial charge in [-0.25, -0.2) is 4.98 Å². The largest absolute Gasteiger partial charge is 0.480 e. The lowest BCUT2D eigenvalue weighted by atomic mass is 10.1. The van der Waals surface area contributed by atoms with Crippen LogP contribution in [0.2, 0.25) is 10.0 Å². The molecule has 2 aromatic heterocycles. The van der Waals surface area contributed by atoms with Crippen LogP contribution in [0.1, 0.15) is 5.56 Å². The van der Waals surface area contributed by atoms with Gasteiger partial charge in [0.05, 0.1) is 5.52 Å². The van der Waals surface area contributed by atoms with Gasteiger partial charge in [-0.2, -0.15) is 4.52 Å². The zero-order valence-corrected chi connectivity index (χ0v) is 15.9. The maximum atomic E-state index is 11.8. The molecule has 0 amide bonds. The molecule has 2 aromatic carbocycles. The number of hydrogen-bond donors (Lipinski definition) is 1. The molecule has 2 heterocycles. The zero-order chi connectivity index (χ0) is 19.0. The minimum absolute atomic E-state index is 0.203. The van der Waals surface area contributed by atoms with E-state index in [1.165, 1.54) is 4.52 Å². The van der Waals surface area contributed by atoms with E-state index in [9.17, 15) is 9.90 Å². The quantitative estimate of drug-likeness (QED) is 0.388. The van der Waals surface area contributed by atoms with E-state index < -0.39 is 11.2 Å². The van der Waals surface area contributed by atoms with Crippen LogP contribution < -0.4 is 0 Å². The second kappa shape index (κ2) is 7.30. The molecule has 0 bridgehead atoms. The van der Waals surface area contributed by atoms with Crippen molar-refractivity contribution in [3.05, 3.63) is 58.1 Å². The molecule has 0 radical (unpaired) electrons. The second-order valence-electron chi connectivity index (χ2n) is 5.71. The number of aromatic nitrogens is 5. The highest BCUT2D eigenvalue weighted by Gasteiger charge is 2.24. The zero-order valence-electron chi connectivity index (χ0n) is 13.6. The van der Waals surface area contributed by atoms with Crippen molar-refractivity contribution in [1.82, 2.24) is 25.0 Å². The summed E-state index contributed by atoms with van der Waals surface area (Å²) in [6.07, 6.45) is 0.203. The van der Waals surface area contributed by atoms with Crippen molar-refractivity contribution < 1.29 is 9.90 Å². The van der Waals surface area contributed by atoms with Crippen LogP contribution in [0.25, 0.3) is 16.6 Å². The highest BCUT2D eigenvalue weighted by molar-refractivity contribution is 8.00. The first-order valence-corrected chi connectivity index (χ1v) is 9.46. The molecule has 0 saturated heterocycles. The Hall–Kier alpha value is -2.42. The average Bonchev–Trinajstić information content (AvgIpc) is 3.13. The van der Waals surface area contributed by atoms with Gasteiger partial charge in [-0.3, -0.25) is 4.79 Å². The molecule has 0 aliphatic carbocycles. The molecule has 0 unspecified atom stereocenters. The van der Waals surface area contributed by atoms with E-state index in [0.717, 1.165) is 17.1 Å². The molecular weight excluding hydrogens is 409 g/mol. The minimum Gasteiger partial charge on any atom is -0.480 e. The summed E-state index contributed by atoms with van der Waals surface area (Å²) in [5.74, 6) is -0.984. The molecule has 0 fully saturated rings. The maximum Gasteiger partial charge on any atom is 0.317 e. The smallest absolute Gasteiger partial charge is 0.317 e. The summed E-state index contributed by atoms with van der Waals surface area (Å²) in [4.78, 5) is 16.4. The van der Waals surface area contributed by atoms with E-state index in [1.54, 1.807) is 18.2 Å². The number of thioether (sulfide) groups is 1. The molecule has 1 atom stereocenters. The van der Waals surface area contributed by atoms with Gasteiger partial charge in [-0.15, -0.1) is 5.10 Å². The molecular formula is C17H11Cl2N5O2S. The molecule has 0 spiro atoms. The lowest BCUT2D eigenvalue weighted by Gasteiger charge is -2.13. The normalized spacial score (nSPS) is 12.5. The Kier molecular flexibility index (Phi) is 4.86. The Labute approximate surface area is 167 Å². The molecule has 0 aliphatic heterocycles. The Morgan fingerprint density at radius 3 is 2.81 bits per heavy atom. The fraction of sp³-hybridized carbons (Fsp3) is 0.118. The number of hydrogen-bond acceptors (Lipinski definition) is 6. The van der Waals surface area contributed by atoms with Crippen LogP contribution in [0.15, 0.2) is 47.6 Å². The van der Waals surface area contributed by atoms with Crippen LogP contribution in [0, 0.1) is 0 Å². The van der Waals surface area contributed by atoms with E-state index in [2.05, 4.69) is 20.5 Å². The van der Waals surface area contributed by atoms with Crippen molar-refractivity contribution in [3.63, 3.8) is 0 Å². The van der Waals surface area contributed by atoms with Crippen molar-refractivity contribution >= 4 is 57.5 Å². The summed E-state index contributed by atoms with van der Waals surface area (Å²) in [7, 11) is 0. The Bertz CT molecular complexity index is 1170. The number of carbonyl (C=O) groups is 1. The van der Waals surface area contributed by atoms with Gasteiger partial charge in [0.15, 0.2) is 10.8 Å². The third-order valence-electron chi connectivity index (χ3n) is 3.96. The van der Waals surface area contributed by atoms with Gasteiger partial charge in [0.1, 0.15) is 5.25 Å². The van der Waals surface area contributed by atoms with E-state index in [-0.39, 0.29) is 6.42 Å². The topological polar surface area (TPSA) is 93.3 Å². The number of benzene rings is 2. The summed E-state index contributed by atoms with van der Waals surface area (Å²) < 4.78 is 1.45. The highest BCUT2D eigenvalue weighted by Crippen LogP contribution is 2.30. The Morgan fingerprint density at radius 1 is 1.22 bits per heavy atom. The second-order valence-corrected chi connectivity index (χ2v) is 7.72. The van der Waals surface area contributed by atoms with E-state index in [0.29, 0.717) is 31.9 Å². The predicted octanol–water partition coefficient (Wildman–Crippen LogP) is 3.77. The number of carboxylic acid groups (broad SMARTS) is 1. The fourth-order valence-electron chi connectivity index (χ4n) is 2.66. The van der Waals surface area contributed by atoms with Crippen molar-refractivity contribution in [2.24, 2.45) is 0 Å². The molecule has 7 nitrogen and oxygen atoms in total. The fourth-order valence-corrected chi connectivity index (χ4v) is 4.14. The SMILES string of the molecule is O=C(O)[C@@H](Cc1ccc(Cl)cc1Cl)Sc1nc2ccccc2c2nnnn12. The van der Waals surface area contributed by atoms with Crippen molar-refractivity contribution in [2.45, 2.75) is 16.8 Å². The van der Waals surface area contributed by atoms with Gasteiger partial charge in [-0.1, -0.05) is 53.2 Å². The van der Waals surface area contributed by atoms with Gasteiger partial charge in [0, 0.05) is 15.4 Å². The number of halogens is 2. The van der Waals surface area contributed by atoms with Gasteiger partial charge >= 0.3 is 5.97 Å². The number of fused-ring (bicyclic) bond motifs is 3. The lowest BCUT2D eigenvalue weighted by molar-refractivity contribution is -0.136. The van der Waals surface area contributed by atoms with Crippen LogP contribution in [0.4, 0.5) is 0 Å². The number of carboxylic acids is 1. The van der Waals surface area contributed by atoms with Crippen molar-refractivity contribution in [3.8, 4) is 0 Å². The van der Waals surface area contributed by atoms with Crippen LogP contribution in [-0.2, 0) is 11.2 Å². The van der Waals surface area contributed by atoms with E-state index in [1.807, 2.05) is 24.3 Å². The highest BCUT2D eigenvalue weighted by atomic mass is 35.5. The molecule has 10 heteroatoms. The van der Waals surface area contributed by atoms with Crippen molar-refractivity contribution in [2.75, 3.05) is 0 Å². The van der Waals surface area contributed by atoms with Gasteiger partial charge in [0.2, 0.25) is 0 Å². The summed E-state index contributed by atoms with van der Waals surface area (Å²) in [5.41, 5.74) is 1.91.